The number of carboxylic acid groups (broad SMARTS) is 1. The summed E-state index contributed by atoms with van der Waals surface area (Å²) in [6.45, 7) is 1.73. The SMILES string of the molecule is Cc1cc(C(N)CC(=O)O)cc(Br)c1O. The molecule has 0 spiro atoms. The van der Waals surface area contributed by atoms with Crippen molar-refractivity contribution in [2.45, 2.75) is 19.4 Å². The molecular weight excluding hydrogens is 262 g/mol. The molecule has 0 fully saturated rings. The summed E-state index contributed by atoms with van der Waals surface area (Å²) in [6.07, 6.45) is -0.128. The molecule has 0 amide bonds. The first-order chi connectivity index (χ1) is 6.91. The van der Waals surface area contributed by atoms with E-state index in [0.29, 0.717) is 15.6 Å². The van der Waals surface area contributed by atoms with E-state index in [0.717, 1.165) is 0 Å². The van der Waals surface area contributed by atoms with E-state index in [9.17, 15) is 9.90 Å². The van der Waals surface area contributed by atoms with Gasteiger partial charge in [-0.1, -0.05) is 6.07 Å². The quantitative estimate of drug-likeness (QED) is 0.786. The highest BCUT2D eigenvalue weighted by molar-refractivity contribution is 9.10. The first-order valence-electron chi connectivity index (χ1n) is 4.38. The highest BCUT2D eigenvalue weighted by atomic mass is 79.9. The van der Waals surface area contributed by atoms with Gasteiger partial charge in [0.05, 0.1) is 10.9 Å². The second kappa shape index (κ2) is 4.63. The van der Waals surface area contributed by atoms with Crippen molar-refractivity contribution in [1.29, 1.82) is 0 Å². The van der Waals surface area contributed by atoms with Crippen molar-refractivity contribution in [2.75, 3.05) is 0 Å². The third kappa shape index (κ3) is 2.94. The first-order valence-corrected chi connectivity index (χ1v) is 5.17. The number of hydrogen-bond donors (Lipinski definition) is 3. The maximum atomic E-state index is 10.5. The third-order valence-electron chi connectivity index (χ3n) is 2.10. The van der Waals surface area contributed by atoms with Crippen LogP contribution in [0, 0.1) is 6.92 Å². The third-order valence-corrected chi connectivity index (χ3v) is 2.70. The number of aromatic hydroxyl groups is 1. The van der Waals surface area contributed by atoms with E-state index in [1.165, 1.54) is 0 Å². The number of phenolic OH excluding ortho intramolecular Hbond substituents is 1. The second-order valence-electron chi connectivity index (χ2n) is 3.37. The Morgan fingerprint density at radius 3 is 2.67 bits per heavy atom. The number of nitrogens with two attached hydrogens (primary N) is 1. The number of rotatable bonds is 3. The zero-order chi connectivity index (χ0) is 11.6. The highest BCUT2D eigenvalue weighted by Gasteiger charge is 2.13. The van der Waals surface area contributed by atoms with E-state index >= 15 is 0 Å². The Labute approximate surface area is 95.8 Å². The van der Waals surface area contributed by atoms with Crippen molar-refractivity contribution < 1.29 is 15.0 Å². The van der Waals surface area contributed by atoms with Gasteiger partial charge in [-0.05, 0) is 40.0 Å². The molecular formula is C10H12BrNO3. The lowest BCUT2D eigenvalue weighted by Gasteiger charge is -2.12. The van der Waals surface area contributed by atoms with Gasteiger partial charge in [0.15, 0.2) is 0 Å². The van der Waals surface area contributed by atoms with Crippen molar-refractivity contribution in [2.24, 2.45) is 5.73 Å². The molecule has 0 saturated carbocycles. The van der Waals surface area contributed by atoms with Gasteiger partial charge in [0.2, 0.25) is 0 Å². The average molecular weight is 274 g/mol. The van der Waals surface area contributed by atoms with Gasteiger partial charge in [0.1, 0.15) is 5.75 Å². The minimum atomic E-state index is -0.940. The maximum Gasteiger partial charge on any atom is 0.305 e. The standard InChI is InChI=1S/C10H12BrNO3/c1-5-2-6(3-7(11)10(5)15)8(12)4-9(13)14/h2-3,8,15H,4,12H2,1H3,(H,13,14). The molecule has 0 heterocycles. The lowest BCUT2D eigenvalue weighted by molar-refractivity contribution is -0.137. The molecule has 82 valence electrons. The number of carboxylic acids is 1. The normalized spacial score (nSPS) is 12.5. The van der Waals surface area contributed by atoms with Crippen LogP contribution in [0.15, 0.2) is 16.6 Å². The van der Waals surface area contributed by atoms with Gasteiger partial charge in [-0.3, -0.25) is 4.79 Å². The van der Waals surface area contributed by atoms with E-state index < -0.39 is 12.0 Å². The van der Waals surface area contributed by atoms with Gasteiger partial charge in [0.25, 0.3) is 0 Å². The fourth-order valence-corrected chi connectivity index (χ4v) is 1.86. The first kappa shape index (κ1) is 12.0. The van der Waals surface area contributed by atoms with E-state index in [-0.39, 0.29) is 12.2 Å². The van der Waals surface area contributed by atoms with Crippen LogP contribution in [0.1, 0.15) is 23.6 Å². The number of aryl methyl sites for hydroxylation is 1. The van der Waals surface area contributed by atoms with Crippen LogP contribution in [0.25, 0.3) is 0 Å². The molecule has 4 N–H and O–H groups in total. The van der Waals surface area contributed by atoms with Crippen molar-refractivity contribution in [3.8, 4) is 5.75 Å². The number of hydrogen-bond acceptors (Lipinski definition) is 3. The molecule has 0 aliphatic heterocycles. The van der Waals surface area contributed by atoms with Crippen LogP contribution >= 0.6 is 15.9 Å². The molecule has 1 rings (SSSR count). The topological polar surface area (TPSA) is 83.6 Å². The summed E-state index contributed by atoms with van der Waals surface area (Å²) in [6, 6.07) is 2.77. The molecule has 1 aromatic carbocycles. The largest absolute Gasteiger partial charge is 0.506 e. The Kier molecular flexibility index (Phi) is 3.71. The lowest BCUT2D eigenvalue weighted by atomic mass is 10.0. The Morgan fingerprint density at radius 2 is 2.20 bits per heavy atom. The number of carbonyl (C=O) groups is 1. The molecule has 1 unspecified atom stereocenters. The second-order valence-corrected chi connectivity index (χ2v) is 4.23. The fourth-order valence-electron chi connectivity index (χ4n) is 1.28. The molecule has 15 heavy (non-hydrogen) atoms. The zero-order valence-electron chi connectivity index (χ0n) is 8.20. The minimum absolute atomic E-state index is 0.128. The van der Waals surface area contributed by atoms with E-state index in [1.54, 1.807) is 19.1 Å². The van der Waals surface area contributed by atoms with Crippen LogP contribution in [0.2, 0.25) is 0 Å². The Bertz CT molecular complexity index is 369. The van der Waals surface area contributed by atoms with Crippen LogP contribution in [0.3, 0.4) is 0 Å². The summed E-state index contributed by atoms with van der Waals surface area (Å²) in [5.41, 5.74) is 7.06. The number of aliphatic carboxylic acids is 1. The molecule has 0 radical (unpaired) electrons. The molecule has 0 aromatic heterocycles. The smallest absolute Gasteiger partial charge is 0.305 e. The van der Waals surface area contributed by atoms with Crippen LogP contribution < -0.4 is 5.73 Å². The monoisotopic (exact) mass is 273 g/mol. The Hall–Kier alpha value is -1.07. The van der Waals surface area contributed by atoms with Gasteiger partial charge in [0, 0.05) is 6.04 Å². The van der Waals surface area contributed by atoms with E-state index in [2.05, 4.69) is 15.9 Å². The molecule has 1 aromatic rings. The van der Waals surface area contributed by atoms with Gasteiger partial charge in [-0.25, -0.2) is 0 Å². The lowest BCUT2D eigenvalue weighted by Crippen LogP contribution is -2.15. The van der Waals surface area contributed by atoms with E-state index in [1.807, 2.05) is 0 Å². The number of halogens is 1. The van der Waals surface area contributed by atoms with Crippen LogP contribution in [-0.4, -0.2) is 16.2 Å². The summed E-state index contributed by atoms with van der Waals surface area (Å²) >= 11 is 3.18. The van der Waals surface area contributed by atoms with E-state index in [4.69, 9.17) is 10.8 Å². The van der Waals surface area contributed by atoms with Crippen molar-refractivity contribution >= 4 is 21.9 Å². The van der Waals surface area contributed by atoms with Crippen LogP contribution in [-0.2, 0) is 4.79 Å². The molecule has 5 heteroatoms. The van der Waals surface area contributed by atoms with Gasteiger partial charge < -0.3 is 15.9 Å². The Balaban J connectivity index is 3.00. The average Bonchev–Trinajstić information content (AvgIpc) is 2.12. The Morgan fingerprint density at radius 1 is 1.60 bits per heavy atom. The molecule has 0 aliphatic rings. The maximum absolute atomic E-state index is 10.5. The predicted octanol–water partition coefficient (Wildman–Crippen LogP) is 1.94. The summed E-state index contributed by atoms with van der Waals surface area (Å²) in [5, 5.41) is 18.1. The summed E-state index contributed by atoms with van der Waals surface area (Å²) in [5.74, 6) is -0.786. The van der Waals surface area contributed by atoms with Gasteiger partial charge in [-0.2, -0.15) is 0 Å². The number of phenols is 1. The molecule has 0 aliphatic carbocycles. The van der Waals surface area contributed by atoms with Crippen molar-refractivity contribution in [1.82, 2.24) is 0 Å². The molecule has 0 bridgehead atoms. The molecule has 0 saturated heterocycles. The fraction of sp³-hybridized carbons (Fsp3) is 0.300. The van der Waals surface area contributed by atoms with Crippen molar-refractivity contribution in [3.63, 3.8) is 0 Å². The van der Waals surface area contributed by atoms with Crippen LogP contribution in [0.4, 0.5) is 0 Å². The summed E-state index contributed by atoms with van der Waals surface area (Å²) < 4.78 is 0.526. The van der Waals surface area contributed by atoms with Gasteiger partial charge >= 0.3 is 5.97 Å². The molecule has 1 atom stereocenters. The number of benzene rings is 1. The van der Waals surface area contributed by atoms with Gasteiger partial charge in [-0.15, -0.1) is 0 Å². The summed E-state index contributed by atoms with van der Waals surface area (Å²) in [7, 11) is 0. The zero-order valence-corrected chi connectivity index (χ0v) is 9.78. The molecule has 4 nitrogen and oxygen atoms in total. The minimum Gasteiger partial charge on any atom is -0.506 e. The highest BCUT2D eigenvalue weighted by Crippen LogP contribution is 2.31. The van der Waals surface area contributed by atoms with Crippen LogP contribution in [0.5, 0.6) is 5.75 Å². The van der Waals surface area contributed by atoms with Crippen molar-refractivity contribution in [3.05, 3.63) is 27.7 Å². The predicted molar refractivity (Wildman–Crippen MR) is 59.7 cm³/mol. The summed E-state index contributed by atoms with van der Waals surface area (Å²) in [4.78, 5) is 10.5.